The molecule has 0 radical (unpaired) electrons. The molecule has 0 spiro atoms. The summed E-state index contributed by atoms with van der Waals surface area (Å²) in [5, 5.41) is 3.01. The van der Waals surface area contributed by atoms with Crippen LogP contribution in [0.5, 0.6) is 0 Å². The molecule has 1 heterocycles. The number of likely N-dealkylation sites (tertiary alicyclic amines) is 1. The third kappa shape index (κ3) is 2.58. The van der Waals surface area contributed by atoms with Crippen molar-refractivity contribution in [3.63, 3.8) is 0 Å². The Morgan fingerprint density at radius 1 is 1.04 bits per heavy atom. The fraction of sp³-hybridized carbons (Fsp3) is 0.895. The van der Waals surface area contributed by atoms with Gasteiger partial charge in [0.1, 0.15) is 6.04 Å². The summed E-state index contributed by atoms with van der Waals surface area (Å²) < 4.78 is 0. The van der Waals surface area contributed by atoms with Crippen LogP contribution in [0.2, 0.25) is 0 Å². The molecule has 1 saturated heterocycles. The van der Waals surface area contributed by atoms with E-state index in [2.05, 4.69) is 5.32 Å². The molecule has 4 heteroatoms. The van der Waals surface area contributed by atoms with Crippen LogP contribution in [0, 0.1) is 23.2 Å². The second-order valence-electron chi connectivity index (χ2n) is 9.02. The van der Waals surface area contributed by atoms with Crippen molar-refractivity contribution in [3.8, 4) is 0 Å². The molecule has 2 amide bonds. The first kappa shape index (κ1) is 15.5. The van der Waals surface area contributed by atoms with Gasteiger partial charge in [0.2, 0.25) is 11.8 Å². The molecule has 0 aromatic rings. The van der Waals surface area contributed by atoms with Crippen molar-refractivity contribution in [2.45, 2.75) is 77.3 Å². The summed E-state index contributed by atoms with van der Waals surface area (Å²) in [7, 11) is 0. The summed E-state index contributed by atoms with van der Waals surface area (Å²) in [6.07, 6.45) is 9.12. The van der Waals surface area contributed by atoms with Gasteiger partial charge in [-0.2, -0.15) is 0 Å². The van der Waals surface area contributed by atoms with Crippen molar-refractivity contribution in [1.29, 1.82) is 0 Å². The Balaban J connectivity index is 1.53. The molecule has 4 bridgehead atoms. The van der Waals surface area contributed by atoms with E-state index in [1.807, 2.05) is 18.7 Å². The van der Waals surface area contributed by atoms with E-state index in [1.54, 1.807) is 0 Å². The quantitative estimate of drug-likeness (QED) is 0.870. The maximum Gasteiger partial charge on any atom is 0.243 e. The number of amides is 2. The summed E-state index contributed by atoms with van der Waals surface area (Å²) in [6.45, 7) is 4.74. The minimum atomic E-state index is -0.224. The number of carbonyl (C=O) groups excluding carboxylic acids is 2. The van der Waals surface area contributed by atoms with Crippen molar-refractivity contribution in [2.24, 2.45) is 23.2 Å². The van der Waals surface area contributed by atoms with E-state index < -0.39 is 0 Å². The van der Waals surface area contributed by atoms with E-state index in [0.29, 0.717) is 5.91 Å². The molecule has 23 heavy (non-hydrogen) atoms. The Hall–Kier alpha value is -1.06. The fourth-order valence-corrected chi connectivity index (χ4v) is 6.34. The third-order valence-corrected chi connectivity index (χ3v) is 6.74. The highest BCUT2D eigenvalue weighted by Gasteiger charge is 2.56. The molecule has 0 aromatic carbocycles. The number of rotatable bonds is 3. The Bertz CT molecular complexity index is 478. The minimum absolute atomic E-state index is 0.0515. The molecule has 1 N–H and O–H groups in total. The molecule has 0 aromatic heterocycles. The first-order chi connectivity index (χ1) is 11.0. The molecule has 0 unspecified atom stereocenters. The van der Waals surface area contributed by atoms with E-state index in [1.165, 1.54) is 19.3 Å². The van der Waals surface area contributed by atoms with Crippen LogP contribution in [-0.4, -0.2) is 35.3 Å². The molecule has 4 saturated carbocycles. The zero-order valence-electron chi connectivity index (χ0n) is 14.5. The molecule has 1 aliphatic heterocycles. The first-order valence-electron chi connectivity index (χ1n) is 9.58. The van der Waals surface area contributed by atoms with E-state index in [4.69, 9.17) is 0 Å². The van der Waals surface area contributed by atoms with Crippen molar-refractivity contribution in [1.82, 2.24) is 10.2 Å². The van der Waals surface area contributed by atoms with Crippen LogP contribution in [0.4, 0.5) is 0 Å². The number of nitrogens with one attached hydrogen (secondary N) is 1. The SMILES string of the molecule is CC(C)NC(=O)[C@@H]1CCCN1C(=O)C12CC3CC(CC(C3)C1)C2. The number of nitrogens with zero attached hydrogens (tertiary/aromatic N) is 1. The zero-order chi connectivity index (χ0) is 16.2. The molecule has 5 fully saturated rings. The summed E-state index contributed by atoms with van der Waals surface area (Å²) in [5.74, 6) is 2.69. The second kappa shape index (κ2) is 5.49. The van der Waals surface area contributed by atoms with Crippen LogP contribution in [0.25, 0.3) is 0 Å². The Morgan fingerprint density at radius 2 is 1.61 bits per heavy atom. The largest absolute Gasteiger partial charge is 0.352 e. The lowest BCUT2D eigenvalue weighted by atomic mass is 9.49. The lowest BCUT2D eigenvalue weighted by molar-refractivity contribution is -0.160. The highest BCUT2D eigenvalue weighted by atomic mass is 16.2. The number of hydrogen-bond acceptors (Lipinski definition) is 2. The van der Waals surface area contributed by atoms with Crippen molar-refractivity contribution >= 4 is 11.8 Å². The molecule has 4 aliphatic carbocycles. The molecule has 5 aliphatic rings. The van der Waals surface area contributed by atoms with Gasteiger partial charge in [-0.3, -0.25) is 9.59 Å². The lowest BCUT2D eigenvalue weighted by Crippen LogP contribution is -2.57. The lowest BCUT2D eigenvalue weighted by Gasteiger charge is -2.56. The summed E-state index contributed by atoms with van der Waals surface area (Å²) in [6, 6.07) is -0.0856. The Morgan fingerprint density at radius 3 is 2.13 bits per heavy atom. The van der Waals surface area contributed by atoms with Gasteiger partial charge in [0.05, 0.1) is 5.41 Å². The van der Waals surface area contributed by atoms with Gasteiger partial charge in [-0.25, -0.2) is 0 Å². The van der Waals surface area contributed by atoms with E-state index in [-0.39, 0.29) is 23.4 Å². The maximum atomic E-state index is 13.4. The van der Waals surface area contributed by atoms with Crippen LogP contribution in [0.1, 0.15) is 65.2 Å². The molecular formula is C19H30N2O2. The molecular weight excluding hydrogens is 288 g/mol. The van der Waals surface area contributed by atoms with Crippen molar-refractivity contribution in [2.75, 3.05) is 6.54 Å². The summed E-state index contributed by atoms with van der Waals surface area (Å²) in [4.78, 5) is 27.9. The monoisotopic (exact) mass is 318 g/mol. The highest BCUT2D eigenvalue weighted by molar-refractivity contribution is 5.91. The topological polar surface area (TPSA) is 49.4 Å². The number of hydrogen-bond donors (Lipinski definition) is 1. The highest BCUT2D eigenvalue weighted by Crippen LogP contribution is 2.60. The predicted molar refractivity (Wildman–Crippen MR) is 88.6 cm³/mol. The van der Waals surface area contributed by atoms with Crippen LogP contribution in [-0.2, 0) is 9.59 Å². The van der Waals surface area contributed by atoms with Gasteiger partial charge < -0.3 is 10.2 Å². The average molecular weight is 318 g/mol. The van der Waals surface area contributed by atoms with Crippen molar-refractivity contribution in [3.05, 3.63) is 0 Å². The average Bonchev–Trinajstić information content (AvgIpc) is 2.93. The van der Waals surface area contributed by atoms with Gasteiger partial charge in [-0.1, -0.05) is 0 Å². The van der Waals surface area contributed by atoms with Gasteiger partial charge in [-0.05, 0) is 83.0 Å². The maximum absolute atomic E-state index is 13.4. The predicted octanol–water partition coefficient (Wildman–Crippen LogP) is 2.72. The Kier molecular flexibility index (Phi) is 3.69. The fourth-order valence-electron chi connectivity index (χ4n) is 6.34. The van der Waals surface area contributed by atoms with Crippen LogP contribution < -0.4 is 5.32 Å². The second-order valence-corrected chi connectivity index (χ2v) is 9.02. The van der Waals surface area contributed by atoms with Crippen LogP contribution in [0.15, 0.2) is 0 Å². The van der Waals surface area contributed by atoms with Crippen molar-refractivity contribution < 1.29 is 9.59 Å². The van der Waals surface area contributed by atoms with Gasteiger partial charge >= 0.3 is 0 Å². The smallest absolute Gasteiger partial charge is 0.243 e. The molecule has 1 atom stereocenters. The van der Waals surface area contributed by atoms with Gasteiger partial charge in [0.15, 0.2) is 0 Å². The summed E-state index contributed by atoms with van der Waals surface area (Å²) >= 11 is 0. The van der Waals surface area contributed by atoms with Gasteiger partial charge in [-0.15, -0.1) is 0 Å². The van der Waals surface area contributed by atoms with Crippen LogP contribution in [0.3, 0.4) is 0 Å². The van der Waals surface area contributed by atoms with Crippen LogP contribution >= 0.6 is 0 Å². The Labute approximate surface area is 139 Å². The van der Waals surface area contributed by atoms with E-state index in [0.717, 1.165) is 56.4 Å². The van der Waals surface area contributed by atoms with E-state index in [9.17, 15) is 9.59 Å². The van der Waals surface area contributed by atoms with E-state index >= 15 is 0 Å². The normalized spacial score (nSPS) is 41.6. The van der Waals surface area contributed by atoms with Gasteiger partial charge in [0.25, 0.3) is 0 Å². The molecule has 128 valence electrons. The zero-order valence-corrected chi connectivity index (χ0v) is 14.5. The third-order valence-electron chi connectivity index (χ3n) is 6.74. The van der Waals surface area contributed by atoms with Gasteiger partial charge in [0, 0.05) is 12.6 Å². The molecule has 4 nitrogen and oxygen atoms in total. The molecule has 5 rings (SSSR count). The standard InChI is InChI=1S/C19H30N2O2/c1-12(2)20-17(22)16-4-3-5-21(16)18(23)19-9-13-6-14(10-19)8-15(7-13)11-19/h12-16H,3-11H2,1-2H3,(H,20,22)/t13?,14?,15?,16-,19?/m0/s1. The summed E-state index contributed by atoms with van der Waals surface area (Å²) in [5.41, 5.74) is -0.116. The number of carbonyl (C=O) groups is 2. The minimum Gasteiger partial charge on any atom is -0.352 e. The first-order valence-corrected chi connectivity index (χ1v) is 9.58.